The Morgan fingerprint density at radius 1 is 0.947 bits per heavy atom. The highest BCUT2D eigenvalue weighted by Gasteiger charge is 2.22. The molecule has 3 nitrogen and oxygen atoms in total. The second-order valence-corrected chi connectivity index (χ2v) is 5.86. The lowest BCUT2D eigenvalue weighted by atomic mass is 9.86. The topological polar surface area (TPSA) is 37.4 Å². The molecule has 1 heterocycles. The van der Waals surface area contributed by atoms with Crippen LogP contribution < -0.4 is 0 Å². The molecule has 1 aliphatic rings. The Morgan fingerprint density at radius 2 is 1.47 bits per heavy atom. The zero-order valence-electron chi connectivity index (χ0n) is 11.6. The fraction of sp³-hybridized carbons (Fsp3) is 0.375. The molecule has 0 radical (unpaired) electrons. The van der Waals surface area contributed by atoms with Gasteiger partial charge < -0.3 is 0 Å². The van der Waals surface area contributed by atoms with Gasteiger partial charge in [-0.05, 0) is 23.0 Å². The number of amides is 2. The van der Waals surface area contributed by atoms with Crippen molar-refractivity contribution in [3.63, 3.8) is 0 Å². The second kappa shape index (κ2) is 5.00. The number of hydrogen-bond donors (Lipinski definition) is 0. The van der Waals surface area contributed by atoms with E-state index in [1.165, 1.54) is 22.6 Å². The predicted molar refractivity (Wildman–Crippen MR) is 74.7 cm³/mol. The highest BCUT2D eigenvalue weighted by atomic mass is 16.2. The predicted octanol–water partition coefficient (Wildman–Crippen LogP) is 2.45. The highest BCUT2D eigenvalue weighted by molar-refractivity contribution is 6.12. The highest BCUT2D eigenvalue weighted by Crippen LogP contribution is 2.22. The molecule has 2 amide bonds. The molecule has 0 aliphatic carbocycles. The number of carbonyl (C=O) groups is 2. The molecule has 0 unspecified atom stereocenters. The van der Waals surface area contributed by atoms with E-state index in [0.717, 1.165) is 5.56 Å². The Labute approximate surface area is 113 Å². The van der Waals surface area contributed by atoms with Crippen LogP contribution in [0.15, 0.2) is 36.4 Å². The summed E-state index contributed by atoms with van der Waals surface area (Å²) in [5.74, 6) is -0.423. The van der Waals surface area contributed by atoms with E-state index < -0.39 is 0 Å². The van der Waals surface area contributed by atoms with E-state index in [9.17, 15) is 9.59 Å². The Kier molecular flexibility index (Phi) is 3.56. The van der Waals surface area contributed by atoms with Crippen LogP contribution in [0.2, 0.25) is 0 Å². The van der Waals surface area contributed by atoms with Crippen molar-refractivity contribution in [1.82, 2.24) is 4.90 Å². The van der Waals surface area contributed by atoms with Crippen LogP contribution in [0.3, 0.4) is 0 Å². The van der Waals surface area contributed by atoms with Gasteiger partial charge in [-0.15, -0.1) is 0 Å². The van der Waals surface area contributed by atoms with Crippen LogP contribution in [-0.4, -0.2) is 23.3 Å². The molecule has 1 aromatic rings. The van der Waals surface area contributed by atoms with Crippen LogP contribution in [0, 0.1) is 0 Å². The summed E-state index contributed by atoms with van der Waals surface area (Å²) in [6, 6.07) is 8.36. The molecule has 1 aliphatic heterocycles. The molecule has 0 atom stereocenters. The molecule has 2 rings (SSSR count). The number of carbonyl (C=O) groups excluding carboxylic acids is 2. The Morgan fingerprint density at radius 3 is 1.95 bits per heavy atom. The van der Waals surface area contributed by atoms with E-state index in [1.54, 1.807) is 0 Å². The summed E-state index contributed by atoms with van der Waals surface area (Å²) in [4.78, 5) is 24.1. The summed E-state index contributed by atoms with van der Waals surface area (Å²) < 4.78 is 0. The molecule has 0 aromatic heterocycles. The first-order chi connectivity index (χ1) is 8.88. The summed E-state index contributed by atoms with van der Waals surface area (Å²) in [5, 5.41) is 0. The molecule has 100 valence electrons. The van der Waals surface area contributed by atoms with Crippen LogP contribution in [0.5, 0.6) is 0 Å². The maximum atomic E-state index is 11.4. The summed E-state index contributed by atoms with van der Waals surface area (Å²) in [6.07, 6.45) is 3.35. The van der Waals surface area contributed by atoms with Gasteiger partial charge in [0.25, 0.3) is 11.8 Å². The van der Waals surface area contributed by atoms with Crippen molar-refractivity contribution in [3.8, 4) is 0 Å². The molecule has 0 saturated heterocycles. The first-order valence-electron chi connectivity index (χ1n) is 6.51. The van der Waals surface area contributed by atoms with Gasteiger partial charge in [-0.3, -0.25) is 14.5 Å². The lowest BCUT2D eigenvalue weighted by Gasteiger charge is -2.19. The van der Waals surface area contributed by atoms with Gasteiger partial charge in [0.15, 0.2) is 0 Å². The first kappa shape index (κ1) is 13.5. The molecule has 1 aromatic carbocycles. The van der Waals surface area contributed by atoms with Gasteiger partial charge in [0.2, 0.25) is 0 Å². The van der Waals surface area contributed by atoms with Crippen molar-refractivity contribution in [2.75, 3.05) is 6.54 Å². The van der Waals surface area contributed by atoms with Crippen molar-refractivity contribution in [3.05, 3.63) is 47.5 Å². The van der Waals surface area contributed by atoms with Crippen molar-refractivity contribution >= 4 is 11.8 Å². The molecule has 0 N–H and O–H groups in total. The smallest absolute Gasteiger partial charge is 0.253 e. The van der Waals surface area contributed by atoms with Crippen molar-refractivity contribution in [2.45, 2.75) is 32.6 Å². The molecule has 19 heavy (non-hydrogen) atoms. The number of imide groups is 1. The summed E-state index contributed by atoms with van der Waals surface area (Å²) >= 11 is 0. The zero-order valence-corrected chi connectivity index (χ0v) is 11.6. The lowest BCUT2D eigenvalue weighted by Crippen LogP contribution is -2.31. The summed E-state index contributed by atoms with van der Waals surface area (Å²) in [6.45, 7) is 6.97. The number of rotatable bonds is 3. The quantitative estimate of drug-likeness (QED) is 0.780. The third-order valence-corrected chi connectivity index (χ3v) is 3.34. The Bertz CT molecular complexity index is 503. The van der Waals surface area contributed by atoms with E-state index in [-0.39, 0.29) is 17.2 Å². The first-order valence-corrected chi connectivity index (χ1v) is 6.51. The van der Waals surface area contributed by atoms with Gasteiger partial charge in [-0.2, -0.15) is 0 Å². The van der Waals surface area contributed by atoms with E-state index in [4.69, 9.17) is 0 Å². The third-order valence-electron chi connectivity index (χ3n) is 3.34. The van der Waals surface area contributed by atoms with Crippen LogP contribution in [0.25, 0.3) is 0 Å². The van der Waals surface area contributed by atoms with Gasteiger partial charge in [-0.1, -0.05) is 45.0 Å². The van der Waals surface area contributed by atoms with Crippen LogP contribution in [0.4, 0.5) is 0 Å². The van der Waals surface area contributed by atoms with Gasteiger partial charge in [0.1, 0.15) is 0 Å². The SMILES string of the molecule is CC(C)(C)c1ccc(CCN2C(=O)C=CC2=O)cc1. The van der Waals surface area contributed by atoms with Crippen LogP contribution >= 0.6 is 0 Å². The van der Waals surface area contributed by atoms with Crippen LogP contribution in [0.1, 0.15) is 31.9 Å². The maximum absolute atomic E-state index is 11.4. The van der Waals surface area contributed by atoms with E-state index in [1.807, 2.05) is 0 Å². The van der Waals surface area contributed by atoms with Gasteiger partial charge in [0, 0.05) is 18.7 Å². The summed E-state index contributed by atoms with van der Waals surface area (Å²) in [5.41, 5.74) is 2.57. The van der Waals surface area contributed by atoms with Gasteiger partial charge in [-0.25, -0.2) is 0 Å². The van der Waals surface area contributed by atoms with E-state index in [0.29, 0.717) is 13.0 Å². The molecule has 3 heteroatoms. The van der Waals surface area contributed by atoms with Gasteiger partial charge in [0.05, 0.1) is 0 Å². The molecule has 0 spiro atoms. The van der Waals surface area contributed by atoms with E-state index >= 15 is 0 Å². The average Bonchev–Trinajstić information content (AvgIpc) is 2.66. The molecular formula is C16H19NO2. The zero-order chi connectivity index (χ0) is 14.0. The largest absolute Gasteiger partial charge is 0.275 e. The number of nitrogens with zero attached hydrogens (tertiary/aromatic N) is 1. The van der Waals surface area contributed by atoms with Crippen molar-refractivity contribution in [1.29, 1.82) is 0 Å². The van der Waals surface area contributed by atoms with Crippen molar-refractivity contribution < 1.29 is 9.59 Å². The fourth-order valence-electron chi connectivity index (χ4n) is 2.06. The monoisotopic (exact) mass is 257 g/mol. The fourth-order valence-corrected chi connectivity index (χ4v) is 2.06. The number of benzene rings is 1. The van der Waals surface area contributed by atoms with Gasteiger partial charge >= 0.3 is 0 Å². The maximum Gasteiger partial charge on any atom is 0.253 e. The van der Waals surface area contributed by atoms with Crippen LogP contribution in [-0.2, 0) is 21.4 Å². The van der Waals surface area contributed by atoms with Crippen molar-refractivity contribution in [2.24, 2.45) is 0 Å². The standard InChI is InChI=1S/C16H19NO2/c1-16(2,3)13-6-4-12(5-7-13)10-11-17-14(18)8-9-15(17)19/h4-9H,10-11H2,1-3H3. The Balaban J connectivity index is 1.97. The molecule has 0 fully saturated rings. The minimum absolute atomic E-state index is 0.142. The molecular weight excluding hydrogens is 238 g/mol. The minimum atomic E-state index is -0.212. The summed E-state index contributed by atoms with van der Waals surface area (Å²) in [7, 11) is 0. The average molecular weight is 257 g/mol. The normalized spacial score (nSPS) is 15.4. The third kappa shape index (κ3) is 3.11. The lowest BCUT2D eigenvalue weighted by molar-refractivity contribution is -0.136. The number of hydrogen-bond acceptors (Lipinski definition) is 2. The molecule has 0 saturated carbocycles. The Hall–Kier alpha value is -1.90. The second-order valence-electron chi connectivity index (χ2n) is 5.86. The molecule has 0 bridgehead atoms. The van der Waals surface area contributed by atoms with E-state index in [2.05, 4.69) is 45.0 Å². The minimum Gasteiger partial charge on any atom is -0.275 e.